The van der Waals surface area contributed by atoms with Crippen molar-refractivity contribution in [3.8, 4) is 0 Å². The molecule has 3 rings (SSSR count). The van der Waals surface area contributed by atoms with Crippen LogP contribution in [0.3, 0.4) is 0 Å². The van der Waals surface area contributed by atoms with Gasteiger partial charge >= 0.3 is 0 Å². The maximum Gasteiger partial charge on any atom is 0.117 e. The van der Waals surface area contributed by atoms with Crippen molar-refractivity contribution < 1.29 is 4.42 Å². The molecule has 1 unspecified atom stereocenters. The second-order valence-corrected chi connectivity index (χ2v) is 7.21. The van der Waals surface area contributed by atoms with Gasteiger partial charge in [0.2, 0.25) is 0 Å². The van der Waals surface area contributed by atoms with Crippen molar-refractivity contribution in [1.29, 1.82) is 0 Å². The highest BCUT2D eigenvalue weighted by atomic mass is 35.5. The van der Waals surface area contributed by atoms with E-state index in [-0.39, 0.29) is 6.04 Å². The van der Waals surface area contributed by atoms with Crippen molar-refractivity contribution in [1.82, 2.24) is 5.32 Å². The first-order valence-corrected chi connectivity index (χ1v) is 8.37. The Morgan fingerprint density at radius 3 is 2.70 bits per heavy atom. The molecule has 3 aromatic heterocycles. The minimum atomic E-state index is 0.165. The van der Waals surface area contributed by atoms with E-state index in [2.05, 4.69) is 28.9 Å². The topological polar surface area (TPSA) is 25.2 Å². The van der Waals surface area contributed by atoms with Crippen LogP contribution in [-0.4, -0.2) is 0 Å². The summed E-state index contributed by atoms with van der Waals surface area (Å²) in [6.45, 7) is 2.66. The zero-order valence-corrected chi connectivity index (χ0v) is 13.3. The Kier molecular flexibility index (Phi) is 4.27. The third-order valence-corrected chi connectivity index (χ3v) is 5.22. The van der Waals surface area contributed by atoms with Crippen LogP contribution in [0.1, 0.15) is 27.3 Å². The van der Waals surface area contributed by atoms with E-state index in [1.807, 2.05) is 25.1 Å². The minimum Gasteiger partial charge on any atom is -0.465 e. The van der Waals surface area contributed by atoms with Gasteiger partial charge in [-0.1, -0.05) is 17.7 Å². The van der Waals surface area contributed by atoms with Crippen molar-refractivity contribution in [2.24, 2.45) is 0 Å². The molecule has 104 valence electrons. The Bertz CT molecular complexity index is 672. The van der Waals surface area contributed by atoms with Crippen molar-refractivity contribution in [3.63, 3.8) is 0 Å². The average Bonchev–Trinajstić information content (AvgIpc) is 3.13. The second kappa shape index (κ2) is 6.14. The van der Waals surface area contributed by atoms with E-state index < -0.39 is 0 Å². The van der Waals surface area contributed by atoms with Crippen LogP contribution in [0.25, 0.3) is 0 Å². The predicted octanol–water partition coefficient (Wildman–Crippen LogP) is 5.24. The molecule has 0 aliphatic carbocycles. The molecule has 0 spiro atoms. The number of hydrogen-bond acceptors (Lipinski definition) is 4. The lowest BCUT2D eigenvalue weighted by molar-refractivity contribution is 0.452. The van der Waals surface area contributed by atoms with Gasteiger partial charge in [-0.2, -0.15) is 0 Å². The Morgan fingerprint density at radius 2 is 2.10 bits per heavy atom. The predicted molar refractivity (Wildman–Crippen MR) is 85.8 cm³/mol. The third kappa shape index (κ3) is 3.15. The summed E-state index contributed by atoms with van der Waals surface area (Å²) >= 11 is 9.42. The van der Waals surface area contributed by atoms with Crippen molar-refractivity contribution >= 4 is 34.3 Å². The lowest BCUT2D eigenvalue weighted by Gasteiger charge is -2.15. The lowest BCUT2D eigenvalue weighted by atomic mass is 10.2. The van der Waals surface area contributed by atoms with Crippen molar-refractivity contribution in [2.75, 3.05) is 0 Å². The van der Waals surface area contributed by atoms with Crippen LogP contribution in [0.15, 0.2) is 46.2 Å². The smallest absolute Gasteiger partial charge is 0.117 e. The van der Waals surface area contributed by atoms with Crippen LogP contribution in [0.5, 0.6) is 0 Å². The summed E-state index contributed by atoms with van der Waals surface area (Å²) in [6.07, 6.45) is 0. The van der Waals surface area contributed by atoms with E-state index in [0.717, 1.165) is 15.9 Å². The van der Waals surface area contributed by atoms with Crippen LogP contribution >= 0.6 is 34.3 Å². The highest BCUT2D eigenvalue weighted by Crippen LogP contribution is 2.33. The number of hydrogen-bond donors (Lipinski definition) is 1. The van der Waals surface area contributed by atoms with E-state index in [1.54, 1.807) is 22.7 Å². The SMILES string of the molecule is Cc1ccc(CNC(c2cccs2)c2ccc(Cl)s2)o1. The normalized spacial score (nSPS) is 12.7. The first-order chi connectivity index (χ1) is 9.72. The van der Waals surface area contributed by atoms with Crippen LogP contribution in [-0.2, 0) is 6.54 Å². The fourth-order valence-corrected chi connectivity index (χ4v) is 4.11. The zero-order chi connectivity index (χ0) is 13.9. The van der Waals surface area contributed by atoms with E-state index in [9.17, 15) is 0 Å². The number of furan rings is 1. The second-order valence-electron chi connectivity index (χ2n) is 4.48. The van der Waals surface area contributed by atoms with Gasteiger partial charge in [-0.25, -0.2) is 0 Å². The molecule has 0 radical (unpaired) electrons. The molecule has 0 saturated carbocycles. The first-order valence-electron chi connectivity index (χ1n) is 6.30. The van der Waals surface area contributed by atoms with Gasteiger partial charge in [-0.05, 0) is 42.6 Å². The van der Waals surface area contributed by atoms with Crippen LogP contribution < -0.4 is 5.32 Å². The molecule has 0 aliphatic heterocycles. The fraction of sp³-hybridized carbons (Fsp3) is 0.200. The fourth-order valence-electron chi connectivity index (χ4n) is 2.06. The van der Waals surface area contributed by atoms with Gasteiger partial charge in [0, 0.05) is 9.75 Å². The maximum atomic E-state index is 6.06. The van der Waals surface area contributed by atoms with E-state index in [1.165, 1.54) is 9.75 Å². The number of halogens is 1. The van der Waals surface area contributed by atoms with E-state index in [0.29, 0.717) is 6.54 Å². The molecule has 5 heteroatoms. The van der Waals surface area contributed by atoms with Crippen molar-refractivity contribution in [3.05, 3.63) is 67.4 Å². The van der Waals surface area contributed by atoms with Crippen molar-refractivity contribution in [2.45, 2.75) is 19.5 Å². The van der Waals surface area contributed by atoms with Gasteiger partial charge in [-0.3, -0.25) is 5.32 Å². The standard InChI is InChI=1S/C15H14ClNOS2/c1-10-4-5-11(18-10)9-17-15(12-3-2-8-19-12)13-6-7-14(16)20-13/h2-8,15,17H,9H2,1H3. The molecule has 0 amide bonds. The molecule has 3 heterocycles. The molecule has 0 aromatic carbocycles. The number of nitrogens with one attached hydrogen (secondary N) is 1. The largest absolute Gasteiger partial charge is 0.465 e. The molecule has 0 fully saturated rings. The summed E-state index contributed by atoms with van der Waals surface area (Å²) in [7, 11) is 0. The van der Waals surface area contributed by atoms with Gasteiger partial charge < -0.3 is 4.42 Å². The average molecular weight is 324 g/mol. The molecular formula is C15H14ClNOS2. The summed E-state index contributed by atoms with van der Waals surface area (Å²) in [5.41, 5.74) is 0. The Labute approximate surface area is 131 Å². The Morgan fingerprint density at radius 1 is 1.20 bits per heavy atom. The molecule has 20 heavy (non-hydrogen) atoms. The van der Waals surface area contributed by atoms with Gasteiger partial charge in [-0.15, -0.1) is 22.7 Å². The van der Waals surface area contributed by atoms with E-state index in [4.69, 9.17) is 16.0 Å². The highest BCUT2D eigenvalue weighted by molar-refractivity contribution is 7.16. The maximum absolute atomic E-state index is 6.06. The summed E-state index contributed by atoms with van der Waals surface area (Å²) in [6, 6.07) is 12.4. The molecule has 1 N–H and O–H groups in total. The summed E-state index contributed by atoms with van der Waals surface area (Å²) in [5.74, 6) is 1.89. The summed E-state index contributed by atoms with van der Waals surface area (Å²) < 4.78 is 6.43. The van der Waals surface area contributed by atoms with Gasteiger partial charge in [0.1, 0.15) is 11.5 Å². The minimum absolute atomic E-state index is 0.165. The summed E-state index contributed by atoms with van der Waals surface area (Å²) in [4.78, 5) is 2.51. The molecule has 3 aromatic rings. The first kappa shape index (κ1) is 13.9. The number of aryl methyl sites for hydroxylation is 1. The van der Waals surface area contributed by atoms with Crippen LogP contribution in [0, 0.1) is 6.92 Å². The highest BCUT2D eigenvalue weighted by Gasteiger charge is 2.17. The summed E-state index contributed by atoms with van der Waals surface area (Å²) in [5, 5.41) is 5.64. The molecular weight excluding hydrogens is 310 g/mol. The molecule has 0 aliphatic rings. The molecule has 0 bridgehead atoms. The van der Waals surface area contributed by atoms with Crippen LogP contribution in [0.4, 0.5) is 0 Å². The number of thiophene rings is 2. The lowest BCUT2D eigenvalue weighted by Crippen LogP contribution is -2.20. The zero-order valence-electron chi connectivity index (χ0n) is 10.9. The van der Waals surface area contributed by atoms with Gasteiger partial charge in [0.05, 0.1) is 16.9 Å². The third-order valence-electron chi connectivity index (χ3n) is 2.98. The molecule has 2 nitrogen and oxygen atoms in total. The molecule has 1 atom stereocenters. The Hall–Kier alpha value is -1.07. The monoisotopic (exact) mass is 323 g/mol. The van der Waals surface area contributed by atoms with Gasteiger partial charge in [0.15, 0.2) is 0 Å². The van der Waals surface area contributed by atoms with Crippen LogP contribution in [0.2, 0.25) is 4.34 Å². The number of rotatable bonds is 5. The molecule has 0 saturated heterocycles. The Balaban J connectivity index is 1.79. The van der Waals surface area contributed by atoms with E-state index >= 15 is 0 Å². The quantitative estimate of drug-likeness (QED) is 0.694. The van der Waals surface area contributed by atoms with Gasteiger partial charge in [0.25, 0.3) is 0 Å².